The molecule has 4 heteroatoms. The molecule has 2 rings (SSSR count). The van der Waals surface area contributed by atoms with Gasteiger partial charge < -0.3 is 10.0 Å². The van der Waals surface area contributed by atoms with Crippen LogP contribution < -0.4 is 0 Å². The van der Waals surface area contributed by atoms with Crippen LogP contribution in [-0.4, -0.2) is 30.0 Å². The molecule has 1 amide bonds. The van der Waals surface area contributed by atoms with Crippen molar-refractivity contribution < 1.29 is 9.90 Å². The van der Waals surface area contributed by atoms with Crippen molar-refractivity contribution >= 4 is 21.8 Å². The second-order valence-corrected chi connectivity index (χ2v) is 6.58. The monoisotopic (exact) mass is 361 g/mol. The van der Waals surface area contributed by atoms with E-state index in [1.54, 1.807) is 14.1 Å². The first kappa shape index (κ1) is 16.7. The normalized spacial score (nSPS) is 13.5. The second-order valence-electron chi connectivity index (χ2n) is 5.67. The molecular weight excluding hydrogens is 342 g/mol. The summed E-state index contributed by atoms with van der Waals surface area (Å²) in [5.41, 5.74) is 0.526. The minimum Gasteiger partial charge on any atom is -0.384 e. The lowest BCUT2D eigenvalue weighted by molar-refractivity contribution is -0.134. The summed E-state index contributed by atoms with van der Waals surface area (Å²) in [6.45, 7) is 0. The van der Waals surface area contributed by atoms with E-state index in [2.05, 4.69) is 15.9 Å². The fourth-order valence-electron chi connectivity index (χ4n) is 2.37. The van der Waals surface area contributed by atoms with E-state index in [0.717, 1.165) is 15.6 Å². The van der Waals surface area contributed by atoms with Crippen LogP contribution in [0.25, 0.3) is 0 Å². The fourth-order valence-corrected chi connectivity index (χ4v) is 2.63. The van der Waals surface area contributed by atoms with Crippen molar-refractivity contribution in [2.45, 2.75) is 18.4 Å². The van der Waals surface area contributed by atoms with Gasteiger partial charge in [0.05, 0.1) is 6.42 Å². The number of halogens is 1. The van der Waals surface area contributed by atoms with Crippen LogP contribution in [-0.2, 0) is 16.8 Å². The summed E-state index contributed by atoms with van der Waals surface area (Å²) in [5, 5.41) is 11.2. The van der Waals surface area contributed by atoms with Gasteiger partial charge in [0.2, 0.25) is 5.91 Å². The Labute approximate surface area is 139 Å². The van der Waals surface area contributed by atoms with Gasteiger partial charge in [-0.15, -0.1) is 0 Å². The summed E-state index contributed by atoms with van der Waals surface area (Å²) in [6, 6.07) is 17.2. The van der Waals surface area contributed by atoms with Crippen molar-refractivity contribution in [3.05, 3.63) is 70.2 Å². The predicted octanol–water partition coefficient (Wildman–Crippen LogP) is 3.36. The molecule has 0 aliphatic rings. The Morgan fingerprint density at radius 2 is 1.68 bits per heavy atom. The molecule has 1 atom stereocenters. The molecule has 3 nitrogen and oxygen atoms in total. The second kappa shape index (κ2) is 7.07. The third-order valence-electron chi connectivity index (χ3n) is 3.66. The van der Waals surface area contributed by atoms with Crippen LogP contribution in [0, 0.1) is 0 Å². The van der Waals surface area contributed by atoms with Crippen molar-refractivity contribution in [3.63, 3.8) is 0 Å². The van der Waals surface area contributed by atoms with Crippen molar-refractivity contribution in [2.24, 2.45) is 0 Å². The number of nitrogens with zero attached hydrogens (tertiary/aromatic N) is 1. The van der Waals surface area contributed by atoms with Crippen LogP contribution in [0.1, 0.15) is 17.5 Å². The van der Waals surface area contributed by atoms with Gasteiger partial charge >= 0.3 is 0 Å². The van der Waals surface area contributed by atoms with E-state index < -0.39 is 5.60 Å². The quantitative estimate of drug-likeness (QED) is 0.886. The smallest absolute Gasteiger partial charge is 0.225 e. The van der Waals surface area contributed by atoms with Crippen molar-refractivity contribution in [3.8, 4) is 0 Å². The molecule has 0 radical (unpaired) electrons. The van der Waals surface area contributed by atoms with E-state index in [0.29, 0.717) is 6.42 Å². The minimum absolute atomic E-state index is 0.0521. The third-order valence-corrected chi connectivity index (χ3v) is 4.19. The molecule has 0 spiro atoms. The largest absolute Gasteiger partial charge is 0.384 e. The number of hydrogen-bond donors (Lipinski definition) is 1. The average molecular weight is 362 g/mol. The van der Waals surface area contributed by atoms with E-state index in [-0.39, 0.29) is 12.3 Å². The number of rotatable bonds is 5. The van der Waals surface area contributed by atoms with Crippen LogP contribution in [0.4, 0.5) is 0 Å². The molecule has 2 aromatic carbocycles. The van der Waals surface area contributed by atoms with Crippen LogP contribution >= 0.6 is 15.9 Å². The topological polar surface area (TPSA) is 40.5 Å². The molecule has 22 heavy (non-hydrogen) atoms. The number of amides is 1. The van der Waals surface area contributed by atoms with Gasteiger partial charge in [0.1, 0.15) is 5.60 Å². The zero-order valence-corrected chi connectivity index (χ0v) is 14.4. The molecule has 0 aliphatic carbocycles. The van der Waals surface area contributed by atoms with Gasteiger partial charge in [0, 0.05) is 25.0 Å². The molecule has 116 valence electrons. The number of benzene rings is 2. The standard InChI is InChI=1S/C18H20BrNO2/c1-20(2)17(21)13-18(22,12-14-6-4-3-5-7-14)15-8-10-16(19)11-9-15/h3-11,22H,12-13H2,1-2H3. The Morgan fingerprint density at radius 1 is 1.09 bits per heavy atom. The first-order valence-electron chi connectivity index (χ1n) is 7.13. The highest BCUT2D eigenvalue weighted by molar-refractivity contribution is 9.10. The first-order chi connectivity index (χ1) is 10.4. The van der Waals surface area contributed by atoms with Gasteiger partial charge in [-0.2, -0.15) is 0 Å². The van der Waals surface area contributed by atoms with Crippen molar-refractivity contribution in [1.82, 2.24) is 4.90 Å². The van der Waals surface area contributed by atoms with Crippen LogP contribution in [0.15, 0.2) is 59.1 Å². The summed E-state index contributed by atoms with van der Waals surface area (Å²) >= 11 is 3.40. The van der Waals surface area contributed by atoms with Crippen LogP contribution in [0.2, 0.25) is 0 Å². The Balaban J connectivity index is 2.35. The highest BCUT2D eigenvalue weighted by Gasteiger charge is 2.33. The summed E-state index contributed by atoms with van der Waals surface area (Å²) in [5.74, 6) is -0.0960. The fraction of sp³-hybridized carbons (Fsp3) is 0.278. The van der Waals surface area contributed by atoms with Crippen LogP contribution in [0.3, 0.4) is 0 Å². The summed E-state index contributed by atoms with van der Waals surface area (Å²) in [4.78, 5) is 13.7. The number of carbonyl (C=O) groups excluding carboxylic acids is 1. The van der Waals surface area contributed by atoms with Crippen molar-refractivity contribution in [2.75, 3.05) is 14.1 Å². The molecule has 0 aromatic heterocycles. The Kier molecular flexibility index (Phi) is 5.37. The van der Waals surface area contributed by atoms with Crippen molar-refractivity contribution in [1.29, 1.82) is 0 Å². The zero-order chi connectivity index (χ0) is 16.2. The van der Waals surface area contributed by atoms with E-state index in [1.807, 2.05) is 54.6 Å². The molecule has 0 saturated heterocycles. The van der Waals surface area contributed by atoms with E-state index in [4.69, 9.17) is 0 Å². The number of carbonyl (C=O) groups is 1. The summed E-state index contributed by atoms with van der Waals surface area (Å²) in [6.07, 6.45) is 0.450. The predicted molar refractivity (Wildman–Crippen MR) is 91.5 cm³/mol. The highest BCUT2D eigenvalue weighted by atomic mass is 79.9. The maximum Gasteiger partial charge on any atom is 0.225 e. The highest BCUT2D eigenvalue weighted by Crippen LogP contribution is 2.31. The number of hydrogen-bond acceptors (Lipinski definition) is 2. The molecule has 1 unspecified atom stereocenters. The molecule has 1 N–H and O–H groups in total. The molecule has 2 aromatic rings. The van der Waals surface area contributed by atoms with Gasteiger partial charge in [0.25, 0.3) is 0 Å². The lowest BCUT2D eigenvalue weighted by atomic mass is 9.84. The molecule has 0 bridgehead atoms. The average Bonchev–Trinajstić information content (AvgIpc) is 2.48. The van der Waals surface area contributed by atoms with E-state index in [1.165, 1.54) is 4.90 Å². The van der Waals surface area contributed by atoms with E-state index >= 15 is 0 Å². The Hall–Kier alpha value is -1.65. The number of aliphatic hydroxyl groups is 1. The SMILES string of the molecule is CN(C)C(=O)CC(O)(Cc1ccccc1)c1ccc(Br)cc1. The van der Waals surface area contributed by atoms with Gasteiger partial charge in [-0.05, 0) is 23.3 Å². The molecule has 0 saturated carbocycles. The maximum absolute atomic E-state index is 12.1. The van der Waals surface area contributed by atoms with E-state index in [9.17, 15) is 9.90 Å². The lowest BCUT2D eigenvalue weighted by Gasteiger charge is -2.29. The lowest BCUT2D eigenvalue weighted by Crippen LogP contribution is -2.36. The van der Waals surface area contributed by atoms with Gasteiger partial charge in [0.15, 0.2) is 0 Å². The van der Waals surface area contributed by atoms with Gasteiger partial charge in [-0.1, -0.05) is 58.4 Å². The Bertz CT molecular complexity index is 625. The minimum atomic E-state index is -1.22. The Morgan fingerprint density at radius 3 is 2.23 bits per heavy atom. The molecule has 0 heterocycles. The van der Waals surface area contributed by atoms with Gasteiger partial charge in [-0.3, -0.25) is 4.79 Å². The summed E-state index contributed by atoms with van der Waals surface area (Å²) < 4.78 is 0.942. The molecule has 0 aliphatic heterocycles. The molecule has 0 fully saturated rings. The molecular formula is C18H20BrNO2. The first-order valence-corrected chi connectivity index (χ1v) is 7.92. The zero-order valence-electron chi connectivity index (χ0n) is 12.8. The summed E-state index contributed by atoms with van der Waals surface area (Å²) in [7, 11) is 3.40. The van der Waals surface area contributed by atoms with Gasteiger partial charge in [-0.25, -0.2) is 0 Å². The van der Waals surface area contributed by atoms with Crippen LogP contribution in [0.5, 0.6) is 0 Å². The third kappa shape index (κ3) is 4.18. The maximum atomic E-state index is 12.1.